The molecule has 1 fully saturated rings. The molecular weight excluding hydrogens is 701 g/mol. The minimum atomic E-state index is -0.750. The molecule has 13 heteroatoms. The van der Waals surface area contributed by atoms with Crippen LogP contribution in [0.15, 0.2) is 67.0 Å². The second-order valence-electron chi connectivity index (χ2n) is 12.1. The summed E-state index contributed by atoms with van der Waals surface area (Å²) in [4.78, 5) is 33.5. The van der Waals surface area contributed by atoms with Crippen LogP contribution < -0.4 is 24.5 Å². The fourth-order valence-electron chi connectivity index (χ4n) is 5.78. The number of rotatable bonds is 15. The lowest BCUT2D eigenvalue weighted by Gasteiger charge is -2.29. The Morgan fingerprint density at radius 3 is 2.38 bits per heavy atom. The number of likely N-dealkylation sites (tertiary alicyclic amines) is 1. The summed E-state index contributed by atoms with van der Waals surface area (Å²) in [5, 5.41) is 4.18. The van der Waals surface area contributed by atoms with Crippen molar-refractivity contribution < 1.29 is 38.3 Å². The third-order valence-corrected chi connectivity index (χ3v) is 10.5. The van der Waals surface area contributed by atoms with Crippen molar-refractivity contribution in [3.63, 3.8) is 0 Å². The van der Waals surface area contributed by atoms with E-state index in [9.17, 15) is 9.59 Å². The van der Waals surface area contributed by atoms with Crippen molar-refractivity contribution in [2.45, 2.75) is 38.0 Å². The fourth-order valence-corrected chi connectivity index (χ4v) is 7.15. The van der Waals surface area contributed by atoms with Gasteiger partial charge < -0.3 is 28.6 Å². The van der Waals surface area contributed by atoms with E-state index in [0.717, 1.165) is 36.4 Å². The van der Waals surface area contributed by atoms with Crippen LogP contribution in [0.1, 0.15) is 56.2 Å². The first-order valence-corrected chi connectivity index (χ1v) is 17.8. The van der Waals surface area contributed by atoms with Gasteiger partial charge in [-0.05, 0) is 86.4 Å². The lowest BCUT2D eigenvalue weighted by molar-refractivity contribution is -0.377. The molecule has 1 unspecified atom stereocenters. The average molecular weight is 744 g/mol. The number of nitrogens with zero attached hydrogens (tertiary/aromatic N) is 1. The Morgan fingerprint density at radius 1 is 0.940 bits per heavy atom. The lowest BCUT2D eigenvalue weighted by atomic mass is 9.98. The number of H-pyrrole nitrogens is 1. The number of methoxy groups -OCH3 is 3. The maximum Gasteiger partial charge on any atom is 0.348 e. The van der Waals surface area contributed by atoms with Crippen LogP contribution in [0.2, 0.25) is 10.0 Å². The molecule has 5 rings (SSSR count). The number of hydrogen-bond acceptors (Lipinski definition) is 10. The van der Waals surface area contributed by atoms with Gasteiger partial charge in [-0.15, -0.1) is 11.3 Å². The van der Waals surface area contributed by atoms with Crippen LogP contribution in [0, 0.1) is 5.92 Å². The van der Waals surface area contributed by atoms with Gasteiger partial charge in [0, 0.05) is 23.4 Å². The largest absolute Gasteiger partial charge is 0.497 e. The highest BCUT2D eigenvalue weighted by Crippen LogP contribution is 2.36. The van der Waals surface area contributed by atoms with E-state index in [1.54, 1.807) is 51.9 Å². The van der Waals surface area contributed by atoms with Gasteiger partial charge in [0.25, 0.3) is 0 Å². The number of benzene rings is 2. The normalized spacial score (nSPS) is 14.8. The number of ether oxygens (including phenoxy) is 5. The second-order valence-corrected chi connectivity index (χ2v) is 14.1. The molecule has 1 saturated heterocycles. The van der Waals surface area contributed by atoms with Gasteiger partial charge in [0.05, 0.1) is 27.9 Å². The molecule has 10 nitrogen and oxygen atoms in total. The Bertz CT molecular complexity index is 1740. The summed E-state index contributed by atoms with van der Waals surface area (Å²) in [5.74, 6) is 1.13. The standard InChI is InChI=1S/C37H41Cl2N3O7S/c1-42-14-12-23(13-15-42)22-48-37(44)35(25-6-5-7-26(16-25)45-2)41-19-27-9-11-34(50-27)36(43)49-32(18-28-29(38)20-40-21-30(28)39)24-8-10-31(46-3)33(17-24)47-4/h5-11,16-17,20-21,23,32,35,41H,12-15,18-19,22H2,1-4H3/p+1/t32-,35?/m0/s1. The van der Waals surface area contributed by atoms with Crippen LogP contribution in [0.5, 0.6) is 17.2 Å². The molecule has 2 N–H and O–H groups in total. The van der Waals surface area contributed by atoms with Crippen LogP contribution in [-0.2, 0) is 27.2 Å². The zero-order valence-corrected chi connectivity index (χ0v) is 30.8. The smallest absolute Gasteiger partial charge is 0.348 e. The first kappa shape index (κ1) is 37.4. The highest BCUT2D eigenvalue weighted by molar-refractivity contribution is 7.13. The molecule has 1 aliphatic heterocycles. The van der Waals surface area contributed by atoms with E-state index in [2.05, 4.69) is 22.2 Å². The van der Waals surface area contributed by atoms with Gasteiger partial charge in [-0.3, -0.25) is 5.32 Å². The fraction of sp³-hybridized carbons (Fsp3) is 0.378. The molecule has 2 aromatic heterocycles. The van der Waals surface area contributed by atoms with E-state index in [4.69, 9.17) is 46.9 Å². The summed E-state index contributed by atoms with van der Waals surface area (Å²) in [5.41, 5.74) is 2.03. The van der Waals surface area contributed by atoms with Gasteiger partial charge in [-0.25, -0.2) is 14.6 Å². The number of carbonyl (C=O) groups is 2. The van der Waals surface area contributed by atoms with E-state index < -0.39 is 18.1 Å². The molecule has 0 radical (unpaired) electrons. The van der Waals surface area contributed by atoms with E-state index in [0.29, 0.717) is 62.4 Å². The molecule has 0 saturated carbocycles. The Kier molecular flexibility index (Phi) is 13.4. The number of aromatic amines is 1. The number of nitrogens with one attached hydrogen (secondary N) is 2. The van der Waals surface area contributed by atoms with Crippen LogP contribution in [0.4, 0.5) is 0 Å². The van der Waals surface area contributed by atoms with E-state index in [1.165, 1.54) is 11.3 Å². The molecule has 2 aromatic carbocycles. The van der Waals surface area contributed by atoms with Crippen LogP contribution >= 0.6 is 34.5 Å². The Balaban J connectivity index is 1.31. The number of piperidine rings is 1. The minimum absolute atomic E-state index is 0.218. The van der Waals surface area contributed by atoms with Gasteiger partial charge in [0.2, 0.25) is 0 Å². The zero-order chi connectivity index (χ0) is 35.6. The Hall–Kier alpha value is -3.87. The molecule has 3 heterocycles. The monoisotopic (exact) mass is 742 g/mol. The molecule has 0 amide bonds. The number of carbonyl (C=O) groups excluding carboxylic acids is 2. The van der Waals surface area contributed by atoms with Crippen molar-refractivity contribution >= 4 is 46.5 Å². The molecule has 0 bridgehead atoms. The molecule has 0 spiro atoms. The van der Waals surface area contributed by atoms with Crippen LogP contribution in [-0.4, -0.2) is 64.9 Å². The Labute approximate surface area is 306 Å². The number of aromatic nitrogens is 1. The quantitative estimate of drug-likeness (QED) is 0.132. The van der Waals surface area contributed by atoms with E-state index in [1.807, 2.05) is 36.4 Å². The van der Waals surface area contributed by atoms with E-state index >= 15 is 0 Å². The molecule has 4 aromatic rings. The zero-order valence-electron chi connectivity index (χ0n) is 28.5. The number of hydrogen-bond donors (Lipinski definition) is 1. The van der Waals surface area contributed by atoms with Gasteiger partial charge >= 0.3 is 11.9 Å². The topological polar surface area (TPSA) is 110 Å². The molecule has 50 heavy (non-hydrogen) atoms. The summed E-state index contributed by atoms with van der Waals surface area (Å²) in [6.45, 7) is 2.67. The highest BCUT2D eigenvalue weighted by Gasteiger charge is 2.27. The van der Waals surface area contributed by atoms with Crippen LogP contribution in [0.25, 0.3) is 0 Å². The van der Waals surface area contributed by atoms with Crippen LogP contribution in [0.3, 0.4) is 0 Å². The molecule has 1 aliphatic rings. The summed E-state index contributed by atoms with van der Waals surface area (Å²) in [7, 11) is 6.78. The number of halogens is 2. The Morgan fingerprint density at radius 2 is 1.68 bits per heavy atom. The third kappa shape index (κ3) is 9.67. The predicted molar refractivity (Wildman–Crippen MR) is 192 cm³/mol. The summed E-state index contributed by atoms with van der Waals surface area (Å²) in [6.07, 6.45) is 4.70. The SMILES string of the molecule is COc1cccc(C(NCc2ccc(C(=O)O[C@@H](Cc3c(Cl)c[nH+]cc3Cl)c3ccc(OC)c(OC)c3)s2)C(=O)OCC2CCN(C)CC2)c1. The predicted octanol–water partition coefficient (Wildman–Crippen LogP) is 6.75. The minimum Gasteiger partial charge on any atom is -0.497 e. The lowest BCUT2D eigenvalue weighted by Crippen LogP contribution is -2.34. The van der Waals surface area contributed by atoms with Crippen molar-refractivity contribution in [2.24, 2.45) is 5.92 Å². The third-order valence-electron chi connectivity index (χ3n) is 8.72. The number of thiophene rings is 1. The van der Waals surface area contributed by atoms with Crippen molar-refractivity contribution in [1.82, 2.24) is 10.2 Å². The maximum absolute atomic E-state index is 13.6. The number of pyridine rings is 1. The summed E-state index contributed by atoms with van der Waals surface area (Å²) in [6, 6.07) is 15.5. The highest BCUT2D eigenvalue weighted by atomic mass is 35.5. The van der Waals surface area contributed by atoms with Crippen molar-refractivity contribution in [3.05, 3.63) is 103 Å². The maximum atomic E-state index is 13.6. The van der Waals surface area contributed by atoms with Crippen molar-refractivity contribution in [3.8, 4) is 17.2 Å². The molecule has 266 valence electrons. The van der Waals surface area contributed by atoms with Gasteiger partial charge in [-0.1, -0.05) is 41.4 Å². The van der Waals surface area contributed by atoms with Crippen molar-refractivity contribution in [1.29, 1.82) is 0 Å². The van der Waals surface area contributed by atoms with Gasteiger partial charge in [0.15, 0.2) is 23.9 Å². The number of esters is 2. The molecule has 2 atom stereocenters. The van der Waals surface area contributed by atoms with Gasteiger partial charge in [0.1, 0.15) is 32.8 Å². The van der Waals surface area contributed by atoms with E-state index in [-0.39, 0.29) is 12.4 Å². The van der Waals surface area contributed by atoms with Crippen molar-refractivity contribution in [2.75, 3.05) is 48.1 Å². The summed E-state index contributed by atoms with van der Waals surface area (Å²) >= 11 is 14.2. The second kappa shape index (κ2) is 17.9. The average Bonchev–Trinajstić information content (AvgIpc) is 3.61. The first-order chi connectivity index (χ1) is 24.2. The molecule has 0 aliphatic carbocycles. The first-order valence-electron chi connectivity index (χ1n) is 16.3. The van der Waals surface area contributed by atoms with Gasteiger partial charge in [-0.2, -0.15) is 0 Å². The molecular formula is C37H42Cl2N3O7S+. The summed E-state index contributed by atoms with van der Waals surface area (Å²) < 4.78 is 28.3.